The topological polar surface area (TPSA) is 93.2 Å². The first-order chi connectivity index (χ1) is 14.0. The fraction of sp³-hybridized carbons (Fsp3) is 0.400. The number of carbonyl (C=O) groups excluding carboxylic acids is 4. The van der Waals surface area contributed by atoms with Gasteiger partial charge in [-0.1, -0.05) is 18.2 Å². The van der Waals surface area contributed by atoms with E-state index in [2.05, 4.69) is 4.74 Å². The molecule has 1 aromatic rings. The quantitative estimate of drug-likeness (QED) is 0.517. The van der Waals surface area contributed by atoms with E-state index in [4.69, 9.17) is 4.74 Å². The number of imide groups is 1. The zero-order chi connectivity index (χ0) is 20.8. The Morgan fingerprint density at radius 1 is 1.14 bits per heavy atom. The Morgan fingerprint density at radius 2 is 1.86 bits per heavy atom. The molecule has 0 aliphatic carbocycles. The van der Waals surface area contributed by atoms with E-state index in [1.807, 2.05) is 0 Å². The molecule has 2 aliphatic heterocycles. The van der Waals surface area contributed by atoms with Gasteiger partial charge in [0.1, 0.15) is 12.3 Å². The first kappa shape index (κ1) is 20.9. The molecule has 9 heteroatoms. The van der Waals surface area contributed by atoms with Gasteiger partial charge in [0.15, 0.2) is 6.61 Å². The zero-order valence-electron chi connectivity index (χ0n) is 16.1. The number of rotatable bonds is 6. The van der Waals surface area contributed by atoms with E-state index in [9.17, 15) is 19.2 Å². The van der Waals surface area contributed by atoms with Crippen molar-refractivity contribution in [3.63, 3.8) is 0 Å². The molecular formula is C20H22N2O6S. The molecule has 0 atom stereocenters. The smallest absolute Gasteiger partial charge is 0.343 e. The van der Waals surface area contributed by atoms with Crippen LogP contribution in [0, 0.1) is 0 Å². The van der Waals surface area contributed by atoms with Crippen LogP contribution in [-0.4, -0.2) is 66.2 Å². The van der Waals surface area contributed by atoms with Gasteiger partial charge in [-0.15, -0.1) is 0 Å². The maximum atomic E-state index is 12.7. The number of esters is 1. The maximum absolute atomic E-state index is 12.7. The number of amides is 3. The minimum atomic E-state index is -0.531. The van der Waals surface area contributed by atoms with Crippen molar-refractivity contribution in [3.05, 3.63) is 34.7 Å². The van der Waals surface area contributed by atoms with Crippen molar-refractivity contribution < 1.29 is 28.7 Å². The lowest BCUT2D eigenvalue weighted by Gasteiger charge is -2.27. The molecule has 29 heavy (non-hydrogen) atoms. The average Bonchev–Trinajstić information content (AvgIpc) is 3.00. The number of hydrogen-bond donors (Lipinski definition) is 0. The van der Waals surface area contributed by atoms with Crippen LogP contribution in [0.25, 0.3) is 6.08 Å². The highest BCUT2D eigenvalue weighted by molar-refractivity contribution is 8.18. The third kappa shape index (κ3) is 5.17. The molecule has 0 bridgehead atoms. The molecule has 3 rings (SSSR count). The number of thioether (sulfide) groups is 1. The number of carbonyl (C=O) groups is 4. The monoisotopic (exact) mass is 418 g/mol. The number of hydrogen-bond acceptors (Lipinski definition) is 7. The molecule has 0 radical (unpaired) electrons. The average molecular weight is 418 g/mol. The maximum Gasteiger partial charge on any atom is 0.343 e. The summed E-state index contributed by atoms with van der Waals surface area (Å²) in [6.45, 7) is 0.807. The highest BCUT2D eigenvalue weighted by Crippen LogP contribution is 2.34. The van der Waals surface area contributed by atoms with Gasteiger partial charge >= 0.3 is 5.97 Å². The molecule has 2 saturated heterocycles. The van der Waals surface area contributed by atoms with Crippen LogP contribution < -0.4 is 4.74 Å². The number of likely N-dealkylation sites (tertiary alicyclic amines) is 1. The summed E-state index contributed by atoms with van der Waals surface area (Å²) in [5.41, 5.74) is 0.546. The number of benzene rings is 1. The van der Waals surface area contributed by atoms with E-state index < -0.39 is 17.1 Å². The molecule has 0 unspecified atom stereocenters. The fourth-order valence-corrected chi connectivity index (χ4v) is 3.91. The summed E-state index contributed by atoms with van der Waals surface area (Å²) in [5, 5.41) is -0.473. The molecule has 3 amide bonds. The number of para-hydroxylation sites is 1. The molecule has 0 N–H and O–H groups in total. The van der Waals surface area contributed by atoms with Crippen molar-refractivity contribution in [2.75, 3.05) is 33.4 Å². The molecule has 0 spiro atoms. The van der Waals surface area contributed by atoms with Crippen LogP contribution in [-0.2, 0) is 19.1 Å². The van der Waals surface area contributed by atoms with Gasteiger partial charge in [0.2, 0.25) is 5.91 Å². The van der Waals surface area contributed by atoms with Crippen LogP contribution in [0.4, 0.5) is 4.79 Å². The molecule has 2 aliphatic rings. The van der Waals surface area contributed by atoms with Gasteiger partial charge in [-0.2, -0.15) is 0 Å². The predicted molar refractivity (Wildman–Crippen MR) is 107 cm³/mol. The van der Waals surface area contributed by atoms with Crippen molar-refractivity contribution in [2.24, 2.45) is 0 Å². The SMILES string of the molecule is COC(=O)COc1ccccc1/C=C1\SC(=O)N(CC(=O)N2CCCCC2)C1=O. The molecule has 2 fully saturated rings. The van der Waals surface area contributed by atoms with E-state index in [-0.39, 0.29) is 24.0 Å². The molecule has 154 valence electrons. The molecule has 8 nitrogen and oxygen atoms in total. The minimum absolute atomic E-state index is 0.204. The van der Waals surface area contributed by atoms with Crippen molar-refractivity contribution >= 4 is 40.9 Å². The second-order valence-corrected chi connectivity index (χ2v) is 7.61. The summed E-state index contributed by atoms with van der Waals surface area (Å²) in [5.74, 6) is -0.867. The fourth-order valence-electron chi connectivity index (χ4n) is 3.08. The van der Waals surface area contributed by atoms with Crippen LogP contribution >= 0.6 is 11.8 Å². The Balaban J connectivity index is 1.71. The highest BCUT2D eigenvalue weighted by Gasteiger charge is 2.37. The van der Waals surface area contributed by atoms with Gasteiger partial charge in [-0.25, -0.2) is 4.79 Å². The minimum Gasteiger partial charge on any atom is -0.481 e. The van der Waals surface area contributed by atoms with E-state index >= 15 is 0 Å². The second-order valence-electron chi connectivity index (χ2n) is 6.61. The van der Waals surface area contributed by atoms with E-state index in [0.717, 1.165) is 35.9 Å². The number of ether oxygens (including phenoxy) is 2. The predicted octanol–water partition coefficient (Wildman–Crippen LogP) is 2.29. The number of piperidine rings is 1. The van der Waals surface area contributed by atoms with Crippen molar-refractivity contribution in [3.8, 4) is 5.75 Å². The van der Waals surface area contributed by atoms with E-state index in [1.165, 1.54) is 13.2 Å². The summed E-state index contributed by atoms with van der Waals surface area (Å²) in [4.78, 5) is 51.6. The van der Waals surface area contributed by atoms with Crippen LogP contribution in [0.3, 0.4) is 0 Å². The zero-order valence-corrected chi connectivity index (χ0v) is 16.9. The van der Waals surface area contributed by atoms with Crippen LogP contribution in [0.15, 0.2) is 29.2 Å². The van der Waals surface area contributed by atoms with Crippen molar-refractivity contribution in [2.45, 2.75) is 19.3 Å². The van der Waals surface area contributed by atoms with Gasteiger partial charge in [-0.3, -0.25) is 19.3 Å². The van der Waals surface area contributed by atoms with Gasteiger partial charge in [0, 0.05) is 18.7 Å². The molecule has 0 saturated carbocycles. The molecule has 1 aromatic carbocycles. The highest BCUT2D eigenvalue weighted by atomic mass is 32.2. The molecular weight excluding hydrogens is 396 g/mol. The van der Waals surface area contributed by atoms with Gasteiger partial charge in [0.05, 0.1) is 12.0 Å². The normalized spacial score (nSPS) is 18.3. The first-order valence-electron chi connectivity index (χ1n) is 9.31. The Kier molecular flexibility index (Phi) is 6.92. The summed E-state index contributed by atoms with van der Waals surface area (Å²) in [6.07, 6.45) is 4.50. The lowest BCUT2D eigenvalue weighted by atomic mass is 10.1. The summed E-state index contributed by atoms with van der Waals surface area (Å²) >= 11 is 0.783. The van der Waals surface area contributed by atoms with Crippen molar-refractivity contribution in [1.29, 1.82) is 0 Å². The van der Waals surface area contributed by atoms with Crippen LogP contribution in [0.2, 0.25) is 0 Å². The Bertz CT molecular complexity index is 847. The second kappa shape index (κ2) is 9.60. The Labute approximate surface area is 172 Å². The molecule has 0 aromatic heterocycles. The Morgan fingerprint density at radius 3 is 2.59 bits per heavy atom. The summed E-state index contributed by atoms with van der Waals surface area (Å²) in [7, 11) is 1.26. The van der Waals surface area contributed by atoms with Gasteiger partial charge in [0.25, 0.3) is 11.1 Å². The third-order valence-electron chi connectivity index (χ3n) is 4.65. The lowest BCUT2D eigenvalue weighted by Crippen LogP contribution is -2.44. The van der Waals surface area contributed by atoms with E-state index in [0.29, 0.717) is 24.4 Å². The van der Waals surface area contributed by atoms with Crippen LogP contribution in [0.5, 0.6) is 5.75 Å². The summed E-state index contributed by atoms with van der Waals surface area (Å²) in [6, 6.07) is 6.84. The number of methoxy groups -OCH3 is 1. The standard InChI is InChI=1S/C20H22N2O6S/c1-27-18(24)13-28-15-8-4-3-7-14(15)11-16-19(25)22(20(26)29-16)12-17(23)21-9-5-2-6-10-21/h3-4,7-8,11H,2,5-6,9-10,12-13H2,1H3/b16-11-. The lowest BCUT2D eigenvalue weighted by molar-refractivity contribution is -0.143. The van der Waals surface area contributed by atoms with E-state index in [1.54, 1.807) is 29.2 Å². The third-order valence-corrected chi connectivity index (χ3v) is 5.56. The summed E-state index contributed by atoms with van der Waals surface area (Å²) < 4.78 is 9.99. The van der Waals surface area contributed by atoms with Crippen LogP contribution in [0.1, 0.15) is 24.8 Å². The first-order valence-corrected chi connectivity index (χ1v) is 10.1. The largest absolute Gasteiger partial charge is 0.481 e. The van der Waals surface area contributed by atoms with Crippen molar-refractivity contribution in [1.82, 2.24) is 9.80 Å². The Hall–Kier alpha value is -2.81. The van der Waals surface area contributed by atoms with Gasteiger partial charge in [-0.05, 0) is 43.2 Å². The number of nitrogens with zero attached hydrogens (tertiary/aromatic N) is 2. The van der Waals surface area contributed by atoms with Gasteiger partial charge < -0.3 is 14.4 Å². The molecule has 2 heterocycles.